The molecular weight excluding hydrogens is 222 g/mol. The van der Waals surface area contributed by atoms with E-state index in [9.17, 15) is 9.59 Å². The molecule has 0 atom stereocenters. The van der Waals surface area contributed by atoms with Crippen molar-refractivity contribution in [2.75, 3.05) is 32.7 Å². The number of aliphatic carboxylic acids is 1. The molecular formula is C11H21N3O3. The molecule has 0 radical (unpaired) electrons. The van der Waals surface area contributed by atoms with Gasteiger partial charge in [0.2, 0.25) is 0 Å². The van der Waals surface area contributed by atoms with Gasteiger partial charge in [0.25, 0.3) is 0 Å². The Kier molecular flexibility index (Phi) is 6.39. The first-order valence-corrected chi connectivity index (χ1v) is 6.14. The zero-order chi connectivity index (χ0) is 12.5. The number of nitrogens with one attached hydrogen (secondary N) is 2. The second kappa shape index (κ2) is 7.89. The summed E-state index contributed by atoms with van der Waals surface area (Å²) in [6, 6.07) is -0.213. The minimum absolute atomic E-state index is 0.0913. The van der Waals surface area contributed by atoms with E-state index in [-0.39, 0.29) is 12.5 Å². The normalized spacial score (nSPS) is 15.8. The molecule has 98 valence electrons. The number of urea groups is 1. The number of rotatable bonds is 7. The van der Waals surface area contributed by atoms with Crippen molar-refractivity contribution in [2.45, 2.75) is 25.7 Å². The number of hydrogen-bond acceptors (Lipinski definition) is 3. The van der Waals surface area contributed by atoms with Crippen LogP contribution in [0, 0.1) is 0 Å². The molecule has 17 heavy (non-hydrogen) atoms. The second-order valence-corrected chi connectivity index (χ2v) is 4.23. The summed E-state index contributed by atoms with van der Waals surface area (Å²) in [6.07, 6.45) is 3.06. The van der Waals surface area contributed by atoms with Gasteiger partial charge in [0.1, 0.15) is 0 Å². The van der Waals surface area contributed by atoms with E-state index in [0.29, 0.717) is 19.5 Å². The van der Waals surface area contributed by atoms with Crippen molar-refractivity contribution in [2.24, 2.45) is 0 Å². The maximum absolute atomic E-state index is 11.3. The van der Waals surface area contributed by atoms with E-state index in [4.69, 9.17) is 5.11 Å². The molecule has 0 unspecified atom stereocenters. The van der Waals surface area contributed by atoms with Gasteiger partial charge in [-0.15, -0.1) is 0 Å². The summed E-state index contributed by atoms with van der Waals surface area (Å²) in [5.41, 5.74) is 0. The van der Waals surface area contributed by atoms with Gasteiger partial charge in [-0.3, -0.25) is 4.79 Å². The van der Waals surface area contributed by atoms with Crippen LogP contribution in [0.2, 0.25) is 0 Å². The Bertz CT molecular complexity index is 252. The summed E-state index contributed by atoms with van der Waals surface area (Å²) in [5.74, 6) is -0.832. The molecule has 6 nitrogen and oxygen atoms in total. The minimum Gasteiger partial charge on any atom is -0.481 e. The third kappa shape index (κ3) is 6.78. The Morgan fingerprint density at radius 2 is 1.76 bits per heavy atom. The molecule has 0 aliphatic carbocycles. The highest BCUT2D eigenvalue weighted by atomic mass is 16.4. The van der Waals surface area contributed by atoms with Crippen molar-refractivity contribution in [3.8, 4) is 0 Å². The molecule has 1 fully saturated rings. The quantitative estimate of drug-likeness (QED) is 0.560. The van der Waals surface area contributed by atoms with Gasteiger partial charge < -0.3 is 20.6 Å². The van der Waals surface area contributed by atoms with Crippen LogP contribution < -0.4 is 10.6 Å². The third-order valence-electron chi connectivity index (χ3n) is 2.77. The summed E-state index contributed by atoms with van der Waals surface area (Å²) >= 11 is 0. The lowest BCUT2D eigenvalue weighted by Crippen LogP contribution is -2.40. The predicted octanol–water partition coefficient (Wildman–Crippen LogP) is 0.246. The van der Waals surface area contributed by atoms with Gasteiger partial charge in [-0.05, 0) is 32.4 Å². The van der Waals surface area contributed by atoms with Crippen molar-refractivity contribution >= 4 is 12.0 Å². The van der Waals surface area contributed by atoms with Crippen LogP contribution in [-0.2, 0) is 4.79 Å². The third-order valence-corrected chi connectivity index (χ3v) is 2.77. The molecule has 3 N–H and O–H groups in total. The molecule has 0 aromatic heterocycles. The van der Waals surface area contributed by atoms with E-state index >= 15 is 0 Å². The standard InChI is InChI=1S/C11H21N3O3/c15-10(16)4-3-5-12-11(17)13-6-9-14-7-1-2-8-14/h1-9H2,(H,15,16)(H2,12,13,17). The molecule has 6 heteroatoms. The minimum atomic E-state index is -0.832. The highest BCUT2D eigenvalue weighted by molar-refractivity contribution is 5.73. The molecule has 0 saturated carbocycles. The number of carboxylic acids is 1. The average molecular weight is 243 g/mol. The Hall–Kier alpha value is -1.30. The van der Waals surface area contributed by atoms with E-state index in [1.807, 2.05) is 0 Å². The van der Waals surface area contributed by atoms with E-state index in [1.54, 1.807) is 0 Å². The summed E-state index contributed by atoms with van der Waals surface area (Å²) in [5, 5.41) is 13.8. The fourth-order valence-corrected chi connectivity index (χ4v) is 1.84. The van der Waals surface area contributed by atoms with E-state index < -0.39 is 5.97 Å². The van der Waals surface area contributed by atoms with Crippen molar-refractivity contribution in [1.29, 1.82) is 0 Å². The van der Waals surface area contributed by atoms with Crippen molar-refractivity contribution in [3.63, 3.8) is 0 Å². The molecule has 2 amide bonds. The van der Waals surface area contributed by atoms with Crippen molar-refractivity contribution in [1.82, 2.24) is 15.5 Å². The number of nitrogens with zero attached hydrogens (tertiary/aromatic N) is 1. The fourth-order valence-electron chi connectivity index (χ4n) is 1.84. The Morgan fingerprint density at radius 3 is 2.41 bits per heavy atom. The summed E-state index contributed by atoms with van der Waals surface area (Å²) in [6.45, 7) is 4.19. The Balaban J connectivity index is 1.91. The SMILES string of the molecule is O=C(O)CCCNC(=O)NCCN1CCCC1. The molecule has 0 bridgehead atoms. The van der Waals surface area contributed by atoms with Crippen LogP contribution in [0.1, 0.15) is 25.7 Å². The van der Waals surface area contributed by atoms with Gasteiger partial charge >= 0.3 is 12.0 Å². The zero-order valence-corrected chi connectivity index (χ0v) is 10.1. The Morgan fingerprint density at radius 1 is 1.12 bits per heavy atom. The predicted molar refractivity (Wildman–Crippen MR) is 63.9 cm³/mol. The van der Waals surface area contributed by atoms with Crippen LogP contribution in [0.25, 0.3) is 0 Å². The van der Waals surface area contributed by atoms with Gasteiger partial charge in [-0.2, -0.15) is 0 Å². The molecule has 0 aromatic carbocycles. The number of likely N-dealkylation sites (tertiary alicyclic amines) is 1. The van der Waals surface area contributed by atoms with Crippen LogP contribution in [0.3, 0.4) is 0 Å². The molecule has 1 aliphatic rings. The lowest BCUT2D eigenvalue weighted by molar-refractivity contribution is -0.137. The highest BCUT2D eigenvalue weighted by Gasteiger charge is 2.10. The lowest BCUT2D eigenvalue weighted by Gasteiger charge is -2.14. The first-order valence-electron chi connectivity index (χ1n) is 6.14. The van der Waals surface area contributed by atoms with Gasteiger partial charge in [-0.25, -0.2) is 4.79 Å². The van der Waals surface area contributed by atoms with Gasteiger partial charge in [0.05, 0.1) is 0 Å². The molecule has 1 aliphatic heterocycles. The Labute approximate surface area is 101 Å². The molecule has 1 rings (SSSR count). The van der Waals surface area contributed by atoms with Crippen LogP contribution >= 0.6 is 0 Å². The maximum Gasteiger partial charge on any atom is 0.314 e. The molecule has 1 saturated heterocycles. The molecule has 1 heterocycles. The van der Waals surface area contributed by atoms with Gasteiger partial charge in [-0.1, -0.05) is 0 Å². The van der Waals surface area contributed by atoms with Crippen LogP contribution in [-0.4, -0.2) is 54.7 Å². The first kappa shape index (κ1) is 13.8. The average Bonchev–Trinajstić information content (AvgIpc) is 2.77. The maximum atomic E-state index is 11.3. The summed E-state index contributed by atoms with van der Waals surface area (Å²) in [7, 11) is 0. The van der Waals surface area contributed by atoms with Gasteiger partial charge in [0, 0.05) is 26.1 Å². The molecule has 0 aromatic rings. The van der Waals surface area contributed by atoms with E-state index in [1.165, 1.54) is 12.8 Å². The van der Waals surface area contributed by atoms with Crippen LogP contribution in [0.4, 0.5) is 4.79 Å². The number of amides is 2. The number of carbonyl (C=O) groups is 2. The number of carboxylic acid groups (broad SMARTS) is 1. The first-order chi connectivity index (χ1) is 8.18. The van der Waals surface area contributed by atoms with E-state index in [0.717, 1.165) is 19.6 Å². The summed E-state index contributed by atoms with van der Waals surface area (Å²) < 4.78 is 0. The second-order valence-electron chi connectivity index (χ2n) is 4.23. The summed E-state index contributed by atoms with van der Waals surface area (Å²) in [4.78, 5) is 23.8. The zero-order valence-electron chi connectivity index (χ0n) is 10.1. The van der Waals surface area contributed by atoms with Crippen molar-refractivity contribution < 1.29 is 14.7 Å². The van der Waals surface area contributed by atoms with E-state index in [2.05, 4.69) is 15.5 Å². The number of carbonyl (C=O) groups excluding carboxylic acids is 1. The molecule has 0 spiro atoms. The monoisotopic (exact) mass is 243 g/mol. The topological polar surface area (TPSA) is 81.7 Å². The van der Waals surface area contributed by atoms with Crippen LogP contribution in [0.15, 0.2) is 0 Å². The van der Waals surface area contributed by atoms with Crippen LogP contribution in [0.5, 0.6) is 0 Å². The smallest absolute Gasteiger partial charge is 0.314 e. The number of hydrogen-bond donors (Lipinski definition) is 3. The van der Waals surface area contributed by atoms with Crippen molar-refractivity contribution in [3.05, 3.63) is 0 Å². The largest absolute Gasteiger partial charge is 0.481 e. The highest BCUT2D eigenvalue weighted by Crippen LogP contribution is 2.05. The lowest BCUT2D eigenvalue weighted by atomic mass is 10.3. The fraction of sp³-hybridized carbons (Fsp3) is 0.818. The van der Waals surface area contributed by atoms with Gasteiger partial charge in [0.15, 0.2) is 0 Å².